The van der Waals surface area contributed by atoms with E-state index in [-0.39, 0.29) is 18.1 Å². The van der Waals surface area contributed by atoms with Gasteiger partial charge in [0.25, 0.3) is 0 Å². The maximum absolute atomic E-state index is 11.8. The van der Waals surface area contributed by atoms with E-state index in [1.54, 1.807) is 0 Å². The van der Waals surface area contributed by atoms with Crippen LogP contribution in [0.15, 0.2) is 30.5 Å². The third-order valence-corrected chi connectivity index (χ3v) is 6.09. The first kappa shape index (κ1) is 18.9. The second kappa shape index (κ2) is 7.54. The first-order chi connectivity index (χ1) is 13.5. The summed E-state index contributed by atoms with van der Waals surface area (Å²) >= 11 is 5.66. The van der Waals surface area contributed by atoms with Crippen molar-refractivity contribution in [2.75, 3.05) is 13.7 Å². The van der Waals surface area contributed by atoms with Crippen LogP contribution in [-0.2, 0) is 9.53 Å². The van der Waals surface area contributed by atoms with Gasteiger partial charge in [0, 0.05) is 30.2 Å². The number of aryl methyl sites for hydroxylation is 1. The van der Waals surface area contributed by atoms with E-state index in [2.05, 4.69) is 39.7 Å². The molecule has 1 saturated carbocycles. The van der Waals surface area contributed by atoms with Crippen LogP contribution in [0.5, 0.6) is 0 Å². The largest absolute Gasteiger partial charge is 0.469 e. The highest BCUT2D eigenvalue weighted by atomic mass is 32.1. The minimum absolute atomic E-state index is 0.00856. The minimum atomic E-state index is -0.230. The van der Waals surface area contributed by atoms with Gasteiger partial charge in [0.05, 0.1) is 31.3 Å². The van der Waals surface area contributed by atoms with Crippen LogP contribution in [0.3, 0.4) is 0 Å². The molecule has 1 saturated heterocycles. The summed E-state index contributed by atoms with van der Waals surface area (Å²) in [6.07, 6.45) is 4.59. The van der Waals surface area contributed by atoms with Crippen molar-refractivity contribution in [3.8, 4) is 0 Å². The third kappa shape index (κ3) is 3.39. The molecular weight excluding hydrogens is 372 g/mol. The Hall–Kier alpha value is -2.41. The van der Waals surface area contributed by atoms with Gasteiger partial charge < -0.3 is 19.5 Å². The maximum Gasteiger partial charge on any atom is 0.307 e. The zero-order valence-corrected chi connectivity index (χ0v) is 17.3. The Kier molecular flexibility index (Phi) is 5.10. The van der Waals surface area contributed by atoms with Crippen molar-refractivity contribution in [2.24, 2.45) is 0 Å². The number of nitrogens with zero attached hydrogens (tertiary/aromatic N) is 3. The number of ether oxygens (including phenoxy) is 1. The molecule has 7 heteroatoms. The van der Waals surface area contributed by atoms with Crippen molar-refractivity contribution < 1.29 is 9.53 Å². The molecule has 4 rings (SSSR count). The topological polar surface area (TPSA) is 59.4 Å². The Bertz CT molecular complexity index is 891. The Morgan fingerprint density at radius 1 is 1.36 bits per heavy atom. The van der Waals surface area contributed by atoms with Gasteiger partial charge in [-0.25, -0.2) is 0 Å². The first-order valence-corrected chi connectivity index (χ1v) is 10.1. The number of methoxy groups -OCH3 is 1. The van der Waals surface area contributed by atoms with Crippen molar-refractivity contribution in [3.05, 3.63) is 53.1 Å². The van der Waals surface area contributed by atoms with E-state index in [0.717, 1.165) is 5.69 Å². The molecule has 2 fully saturated rings. The highest BCUT2D eigenvalue weighted by molar-refractivity contribution is 7.80. The third-order valence-electron chi connectivity index (χ3n) is 5.74. The van der Waals surface area contributed by atoms with E-state index in [1.807, 2.05) is 24.4 Å². The molecule has 0 unspecified atom stereocenters. The van der Waals surface area contributed by atoms with E-state index in [9.17, 15) is 4.79 Å². The van der Waals surface area contributed by atoms with Crippen LogP contribution in [0, 0.1) is 13.8 Å². The van der Waals surface area contributed by atoms with Crippen LogP contribution in [-0.4, -0.2) is 39.2 Å². The number of hydrogen-bond donors (Lipinski definition) is 1. The zero-order chi connectivity index (χ0) is 19.8. The van der Waals surface area contributed by atoms with E-state index in [1.165, 1.54) is 36.9 Å². The van der Waals surface area contributed by atoms with Gasteiger partial charge in [0.15, 0.2) is 5.11 Å². The molecule has 0 radical (unpaired) electrons. The number of carbonyl (C=O) groups excluding carboxylic acids is 1. The summed E-state index contributed by atoms with van der Waals surface area (Å²) in [5, 5.41) is 4.10. The summed E-state index contributed by atoms with van der Waals surface area (Å²) in [6, 6.07) is 8.76. The van der Waals surface area contributed by atoms with E-state index in [4.69, 9.17) is 17.0 Å². The molecule has 2 aromatic rings. The van der Waals surface area contributed by atoms with Crippen LogP contribution in [0.25, 0.3) is 0 Å². The fraction of sp³-hybridized carbons (Fsp3) is 0.476. The fourth-order valence-electron chi connectivity index (χ4n) is 4.30. The second-order valence-electron chi connectivity index (χ2n) is 7.57. The molecule has 2 atom stereocenters. The van der Waals surface area contributed by atoms with Crippen LogP contribution < -0.4 is 5.32 Å². The van der Waals surface area contributed by atoms with Gasteiger partial charge in [-0.05, 0) is 62.7 Å². The number of rotatable bonds is 6. The van der Waals surface area contributed by atoms with Gasteiger partial charge in [-0.3, -0.25) is 9.78 Å². The number of aromatic nitrogens is 2. The highest BCUT2D eigenvalue weighted by Gasteiger charge is 2.42. The Labute approximate surface area is 170 Å². The Balaban J connectivity index is 1.73. The molecule has 6 nitrogen and oxygen atoms in total. The summed E-state index contributed by atoms with van der Waals surface area (Å²) in [5.41, 5.74) is 4.75. The highest BCUT2D eigenvalue weighted by Crippen LogP contribution is 2.44. The zero-order valence-electron chi connectivity index (χ0n) is 16.5. The van der Waals surface area contributed by atoms with Crippen molar-refractivity contribution in [3.63, 3.8) is 0 Å². The smallest absolute Gasteiger partial charge is 0.307 e. The lowest BCUT2D eigenvalue weighted by Gasteiger charge is -2.28. The molecule has 28 heavy (non-hydrogen) atoms. The number of thiocarbonyl (C=S) groups is 1. The SMILES string of the molecule is COC(=O)CCN1C(=S)N[C@H](c2ccccn2)[C@H]1c1cc(C)n(C2CC2)c1C. The lowest BCUT2D eigenvalue weighted by atomic mass is 9.96. The van der Waals surface area contributed by atoms with Crippen molar-refractivity contribution in [1.82, 2.24) is 19.8 Å². The van der Waals surface area contributed by atoms with Gasteiger partial charge in [-0.2, -0.15) is 0 Å². The standard InChI is InChI=1S/C21H26N4O2S/c1-13-12-16(14(2)25(13)15-7-8-15)20-19(17-6-4-5-10-22-17)23-21(28)24(20)11-9-18(26)27-3/h4-6,10,12,15,19-20H,7-9,11H2,1-3H3,(H,23,28)/t19-,20-/m1/s1. The summed E-state index contributed by atoms with van der Waals surface area (Å²) in [7, 11) is 1.42. The maximum atomic E-state index is 11.8. The summed E-state index contributed by atoms with van der Waals surface area (Å²) in [5.74, 6) is -0.230. The lowest BCUT2D eigenvalue weighted by Crippen LogP contribution is -2.32. The molecule has 1 N–H and O–H groups in total. The van der Waals surface area contributed by atoms with Crippen LogP contribution in [0.1, 0.15) is 60.0 Å². The lowest BCUT2D eigenvalue weighted by molar-refractivity contribution is -0.140. The molecule has 2 aromatic heterocycles. The number of esters is 1. The minimum Gasteiger partial charge on any atom is -0.469 e. The average Bonchev–Trinajstić information content (AvgIpc) is 3.41. The Morgan fingerprint density at radius 3 is 2.79 bits per heavy atom. The summed E-state index contributed by atoms with van der Waals surface area (Å²) < 4.78 is 7.29. The van der Waals surface area contributed by atoms with Gasteiger partial charge in [0.2, 0.25) is 0 Å². The number of nitrogens with one attached hydrogen (secondary N) is 1. The van der Waals surface area contributed by atoms with Gasteiger partial charge >= 0.3 is 5.97 Å². The molecule has 2 aliphatic rings. The molecule has 0 bridgehead atoms. The molecule has 1 aliphatic heterocycles. The molecule has 0 aromatic carbocycles. The molecule has 0 amide bonds. The fourth-order valence-corrected chi connectivity index (χ4v) is 4.63. The van der Waals surface area contributed by atoms with Gasteiger partial charge in [-0.1, -0.05) is 6.07 Å². The van der Waals surface area contributed by atoms with Gasteiger partial charge in [-0.15, -0.1) is 0 Å². The van der Waals surface area contributed by atoms with Gasteiger partial charge in [0.1, 0.15) is 0 Å². The number of carbonyl (C=O) groups is 1. The van der Waals surface area contributed by atoms with E-state index >= 15 is 0 Å². The quantitative estimate of drug-likeness (QED) is 0.595. The van der Waals surface area contributed by atoms with Crippen LogP contribution >= 0.6 is 12.2 Å². The number of pyridine rings is 1. The average molecular weight is 399 g/mol. The Morgan fingerprint density at radius 2 is 2.14 bits per heavy atom. The van der Waals surface area contributed by atoms with E-state index in [0.29, 0.717) is 24.1 Å². The molecule has 148 valence electrons. The monoisotopic (exact) mass is 398 g/mol. The molecule has 0 spiro atoms. The second-order valence-corrected chi connectivity index (χ2v) is 7.96. The van der Waals surface area contributed by atoms with Crippen LogP contribution in [0.2, 0.25) is 0 Å². The van der Waals surface area contributed by atoms with E-state index < -0.39 is 0 Å². The first-order valence-electron chi connectivity index (χ1n) is 9.74. The predicted molar refractivity (Wildman–Crippen MR) is 111 cm³/mol. The molecule has 3 heterocycles. The molecule has 1 aliphatic carbocycles. The van der Waals surface area contributed by atoms with Crippen molar-refractivity contribution in [1.29, 1.82) is 0 Å². The molecular formula is C21H26N4O2S. The predicted octanol–water partition coefficient (Wildman–Crippen LogP) is 3.37. The van der Waals surface area contributed by atoms with Crippen LogP contribution in [0.4, 0.5) is 0 Å². The summed E-state index contributed by atoms with van der Waals surface area (Å²) in [4.78, 5) is 18.5. The van der Waals surface area contributed by atoms with Crippen molar-refractivity contribution in [2.45, 2.75) is 51.2 Å². The normalized spacial score (nSPS) is 21.7. The number of hydrogen-bond acceptors (Lipinski definition) is 4. The summed E-state index contributed by atoms with van der Waals surface area (Å²) in [6.45, 7) is 4.87. The van der Waals surface area contributed by atoms with Crippen molar-refractivity contribution >= 4 is 23.3 Å².